The molecule has 0 spiro atoms. The van der Waals surface area contributed by atoms with E-state index in [0.29, 0.717) is 24.4 Å². The monoisotopic (exact) mass is 473 g/mol. The second-order valence-electron chi connectivity index (χ2n) is 8.44. The molecule has 1 aliphatic heterocycles. The lowest BCUT2D eigenvalue weighted by molar-refractivity contribution is -0.128. The lowest BCUT2D eigenvalue weighted by Gasteiger charge is -2.22. The Kier molecular flexibility index (Phi) is 7.97. The van der Waals surface area contributed by atoms with E-state index in [1.807, 2.05) is 43.0 Å². The first-order valence-corrected chi connectivity index (χ1v) is 12.8. The summed E-state index contributed by atoms with van der Waals surface area (Å²) in [5, 5.41) is 2.77. The summed E-state index contributed by atoms with van der Waals surface area (Å²) in [6.45, 7) is 5.15. The number of amides is 2. The number of anilines is 1. The van der Waals surface area contributed by atoms with Gasteiger partial charge in [-0.05, 0) is 55.7 Å². The summed E-state index contributed by atoms with van der Waals surface area (Å²) in [5.74, 6) is 0.405. The van der Waals surface area contributed by atoms with Gasteiger partial charge in [-0.2, -0.15) is 0 Å². The van der Waals surface area contributed by atoms with E-state index in [4.69, 9.17) is 4.74 Å². The van der Waals surface area contributed by atoms with Gasteiger partial charge in [0.05, 0.1) is 18.0 Å². The Morgan fingerprint density at radius 3 is 2.27 bits per heavy atom. The second-order valence-corrected chi connectivity index (χ2v) is 10.3. The van der Waals surface area contributed by atoms with E-state index < -0.39 is 15.9 Å². The highest BCUT2D eigenvalue weighted by Gasteiger charge is 2.21. The van der Waals surface area contributed by atoms with Crippen LogP contribution in [0.2, 0.25) is 0 Å². The first-order chi connectivity index (χ1) is 15.6. The van der Waals surface area contributed by atoms with Crippen molar-refractivity contribution in [2.24, 2.45) is 0 Å². The minimum absolute atomic E-state index is 0.00409. The number of hydrogen-bond acceptors (Lipinski definition) is 5. The van der Waals surface area contributed by atoms with E-state index in [2.05, 4.69) is 5.32 Å². The minimum atomic E-state index is -3.65. The Bertz CT molecular complexity index is 1070. The molecule has 0 saturated carbocycles. The van der Waals surface area contributed by atoms with Crippen LogP contribution in [0.3, 0.4) is 0 Å². The zero-order valence-corrected chi connectivity index (χ0v) is 20.1. The molecule has 2 amide bonds. The largest absolute Gasteiger partial charge is 0.491 e. The third kappa shape index (κ3) is 7.21. The van der Waals surface area contributed by atoms with Gasteiger partial charge in [0.15, 0.2) is 0 Å². The highest BCUT2D eigenvalue weighted by molar-refractivity contribution is 7.92. The van der Waals surface area contributed by atoms with Crippen molar-refractivity contribution in [3.63, 3.8) is 0 Å². The van der Waals surface area contributed by atoms with Crippen LogP contribution in [0.5, 0.6) is 5.75 Å². The Hall–Kier alpha value is -3.07. The summed E-state index contributed by atoms with van der Waals surface area (Å²) in [5.41, 5.74) is 2.32. The summed E-state index contributed by atoms with van der Waals surface area (Å²) in [4.78, 5) is 26.1. The Morgan fingerprint density at radius 1 is 1.09 bits per heavy atom. The average Bonchev–Trinajstić information content (AvgIpc) is 3.15. The highest BCUT2D eigenvalue weighted by Crippen LogP contribution is 2.22. The van der Waals surface area contributed by atoms with E-state index in [1.165, 1.54) is 0 Å². The molecule has 8 nitrogen and oxygen atoms in total. The Morgan fingerprint density at radius 2 is 1.73 bits per heavy atom. The number of benzene rings is 2. The second kappa shape index (κ2) is 10.7. The Labute approximate surface area is 195 Å². The molecule has 1 saturated heterocycles. The summed E-state index contributed by atoms with van der Waals surface area (Å²) in [6.07, 6.45) is 2.60. The maximum Gasteiger partial charge on any atom is 0.241 e. The van der Waals surface area contributed by atoms with Crippen LogP contribution in [0.4, 0.5) is 5.69 Å². The first kappa shape index (κ1) is 24.6. The molecule has 9 heteroatoms. The third-order valence-corrected chi connectivity index (χ3v) is 6.38. The van der Waals surface area contributed by atoms with Crippen LogP contribution in [-0.2, 0) is 32.7 Å². The minimum Gasteiger partial charge on any atom is -0.491 e. The van der Waals surface area contributed by atoms with Gasteiger partial charge in [-0.15, -0.1) is 0 Å². The molecule has 0 radical (unpaired) electrons. The van der Waals surface area contributed by atoms with Crippen LogP contribution in [0, 0.1) is 0 Å². The number of carbonyl (C=O) groups excluding carboxylic acids is 2. The fourth-order valence-corrected chi connectivity index (χ4v) is 4.46. The number of sulfonamides is 1. The van der Waals surface area contributed by atoms with E-state index in [-0.39, 0.29) is 25.1 Å². The van der Waals surface area contributed by atoms with Gasteiger partial charge in [0, 0.05) is 26.1 Å². The van der Waals surface area contributed by atoms with E-state index in [1.54, 1.807) is 24.3 Å². The molecule has 0 aliphatic carbocycles. The number of hydrogen-bond donors (Lipinski definition) is 1. The molecule has 1 aliphatic rings. The number of rotatable bonds is 10. The quantitative estimate of drug-likeness (QED) is 0.572. The molecule has 0 aromatic heterocycles. The normalized spacial score (nSPS) is 13.9. The molecule has 178 valence electrons. The predicted octanol–water partition coefficient (Wildman–Crippen LogP) is 2.68. The molecule has 3 rings (SSSR count). The molecule has 1 N–H and O–H groups in total. The van der Waals surface area contributed by atoms with Crippen LogP contribution in [0.1, 0.15) is 37.8 Å². The number of likely N-dealkylation sites (tertiary alicyclic amines) is 1. The van der Waals surface area contributed by atoms with Crippen LogP contribution >= 0.6 is 0 Å². The van der Waals surface area contributed by atoms with Gasteiger partial charge in [-0.1, -0.05) is 24.3 Å². The predicted molar refractivity (Wildman–Crippen MR) is 127 cm³/mol. The van der Waals surface area contributed by atoms with Crippen molar-refractivity contribution in [2.45, 2.75) is 45.9 Å². The zero-order valence-electron chi connectivity index (χ0n) is 19.3. The van der Waals surface area contributed by atoms with Gasteiger partial charge in [0.2, 0.25) is 21.8 Å². The van der Waals surface area contributed by atoms with Gasteiger partial charge < -0.3 is 15.0 Å². The molecule has 0 unspecified atom stereocenters. The number of ether oxygens (including phenoxy) is 1. The van der Waals surface area contributed by atoms with Crippen LogP contribution < -0.4 is 14.4 Å². The van der Waals surface area contributed by atoms with Gasteiger partial charge in [-0.25, -0.2) is 8.42 Å². The van der Waals surface area contributed by atoms with Crippen molar-refractivity contribution >= 4 is 27.5 Å². The molecule has 1 heterocycles. The van der Waals surface area contributed by atoms with Gasteiger partial charge in [-0.3, -0.25) is 13.9 Å². The molecular weight excluding hydrogens is 442 g/mol. The molecule has 2 aromatic carbocycles. The van der Waals surface area contributed by atoms with Crippen LogP contribution in [-0.4, -0.2) is 50.6 Å². The molecule has 2 aromatic rings. The van der Waals surface area contributed by atoms with Crippen LogP contribution in [0.25, 0.3) is 0 Å². The third-order valence-electron chi connectivity index (χ3n) is 5.24. The summed E-state index contributed by atoms with van der Waals surface area (Å²) < 4.78 is 31.2. The van der Waals surface area contributed by atoms with Crippen molar-refractivity contribution in [1.29, 1.82) is 0 Å². The first-order valence-electron chi connectivity index (χ1n) is 11.0. The van der Waals surface area contributed by atoms with Gasteiger partial charge in [0.25, 0.3) is 0 Å². The summed E-state index contributed by atoms with van der Waals surface area (Å²) in [6, 6.07) is 14.3. The molecule has 0 atom stereocenters. The molecule has 0 bridgehead atoms. The SMILES string of the molecule is CC(C)Oc1ccc(N(CC(=O)NCc2ccc(CN3CCCC3=O)cc2)S(C)(=O)=O)cc1. The van der Waals surface area contributed by atoms with E-state index in [0.717, 1.165) is 34.7 Å². The molecule has 33 heavy (non-hydrogen) atoms. The standard InChI is InChI=1S/C24H31N3O5S/c1-18(2)32-22-12-10-21(11-13-22)27(33(3,30)31)17-23(28)25-15-19-6-8-20(9-7-19)16-26-14-4-5-24(26)29/h6-13,18H,4-5,14-17H2,1-3H3,(H,25,28). The van der Waals surface area contributed by atoms with Crippen molar-refractivity contribution in [3.8, 4) is 5.75 Å². The van der Waals surface area contributed by atoms with Crippen molar-refractivity contribution in [3.05, 3.63) is 59.7 Å². The number of nitrogens with zero attached hydrogens (tertiary/aromatic N) is 2. The lowest BCUT2D eigenvalue weighted by Crippen LogP contribution is -2.40. The lowest BCUT2D eigenvalue weighted by atomic mass is 10.1. The van der Waals surface area contributed by atoms with E-state index >= 15 is 0 Å². The van der Waals surface area contributed by atoms with Crippen molar-refractivity contribution in [1.82, 2.24) is 10.2 Å². The number of carbonyl (C=O) groups is 2. The number of nitrogens with one attached hydrogen (secondary N) is 1. The smallest absolute Gasteiger partial charge is 0.241 e. The molecular formula is C24H31N3O5S. The summed E-state index contributed by atoms with van der Waals surface area (Å²) >= 11 is 0. The topological polar surface area (TPSA) is 96.0 Å². The maximum atomic E-state index is 12.5. The average molecular weight is 474 g/mol. The van der Waals surface area contributed by atoms with Crippen molar-refractivity contribution < 1.29 is 22.7 Å². The van der Waals surface area contributed by atoms with Crippen LogP contribution in [0.15, 0.2) is 48.5 Å². The van der Waals surface area contributed by atoms with Gasteiger partial charge >= 0.3 is 0 Å². The maximum absolute atomic E-state index is 12.5. The van der Waals surface area contributed by atoms with E-state index in [9.17, 15) is 18.0 Å². The Balaban J connectivity index is 1.56. The molecule has 1 fully saturated rings. The highest BCUT2D eigenvalue weighted by atomic mass is 32.2. The zero-order chi connectivity index (χ0) is 24.0. The summed E-state index contributed by atoms with van der Waals surface area (Å²) in [7, 11) is -3.65. The van der Waals surface area contributed by atoms with Crippen molar-refractivity contribution in [2.75, 3.05) is 23.7 Å². The fourth-order valence-electron chi connectivity index (χ4n) is 3.60. The fraction of sp³-hybridized carbons (Fsp3) is 0.417. The van der Waals surface area contributed by atoms with Gasteiger partial charge in [0.1, 0.15) is 12.3 Å².